The van der Waals surface area contributed by atoms with Crippen molar-refractivity contribution >= 4 is 23.7 Å². The monoisotopic (exact) mass is 538 g/mol. The van der Waals surface area contributed by atoms with Gasteiger partial charge in [-0.2, -0.15) is 0 Å². The van der Waals surface area contributed by atoms with Gasteiger partial charge in [0.25, 0.3) is 0 Å². The lowest BCUT2D eigenvalue weighted by Crippen LogP contribution is -2.52. The fourth-order valence-corrected chi connectivity index (χ4v) is 5.74. The second-order valence-electron chi connectivity index (χ2n) is 12.1. The van der Waals surface area contributed by atoms with Crippen LogP contribution in [0.15, 0.2) is 36.7 Å². The Hall–Kier alpha value is -3.23. The highest BCUT2D eigenvalue weighted by Gasteiger charge is 2.60. The third-order valence-corrected chi connectivity index (χ3v) is 7.91. The summed E-state index contributed by atoms with van der Waals surface area (Å²) in [4.78, 5) is 59.0. The first-order chi connectivity index (χ1) is 18.6. The molecule has 2 fully saturated rings. The first-order valence-electron chi connectivity index (χ1n) is 14.3. The van der Waals surface area contributed by atoms with Gasteiger partial charge in [0.2, 0.25) is 11.8 Å². The van der Waals surface area contributed by atoms with Crippen molar-refractivity contribution in [1.29, 1.82) is 0 Å². The number of nitrogens with zero attached hydrogens (tertiary/aromatic N) is 2. The van der Waals surface area contributed by atoms with Crippen LogP contribution in [0.25, 0.3) is 0 Å². The molecule has 9 nitrogen and oxygen atoms in total. The molecule has 0 aromatic carbocycles. The molecule has 4 rings (SSSR count). The second kappa shape index (κ2) is 12.3. The number of ether oxygens (including phenoxy) is 1. The Kier molecular flexibility index (Phi) is 9.08. The van der Waals surface area contributed by atoms with Gasteiger partial charge in [0, 0.05) is 31.9 Å². The van der Waals surface area contributed by atoms with Crippen LogP contribution in [0.3, 0.4) is 0 Å². The number of ketones is 1. The number of hydrogen-bond donors (Lipinski definition) is 2. The van der Waals surface area contributed by atoms with Crippen LogP contribution in [-0.2, 0) is 25.7 Å². The molecule has 3 amide bonds. The third kappa shape index (κ3) is 7.46. The zero-order valence-electron chi connectivity index (χ0n) is 23.4. The number of allylic oxidation sites excluding steroid dienone is 2. The summed E-state index contributed by atoms with van der Waals surface area (Å²) in [6, 6.07) is 2.38. The van der Waals surface area contributed by atoms with Crippen LogP contribution in [0.1, 0.15) is 84.1 Å². The predicted molar refractivity (Wildman–Crippen MR) is 146 cm³/mol. The van der Waals surface area contributed by atoms with Gasteiger partial charge in [-0.1, -0.05) is 25.0 Å². The number of carbonyl (C=O) groups is 4. The molecule has 39 heavy (non-hydrogen) atoms. The minimum atomic E-state index is -0.785. The molecule has 1 saturated heterocycles. The zero-order valence-corrected chi connectivity index (χ0v) is 23.4. The minimum Gasteiger partial charge on any atom is -0.444 e. The SMILES string of the molecule is CC(C)(C)OC(=O)N[C@H]1CCCCC/C=C\[C@@H]2C[C@@]2(C(=O)NCc2ccncc2)CC(=O)[C@@H]2CCCN2C1=O. The fourth-order valence-electron chi connectivity index (χ4n) is 5.74. The summed E-state index contributed by atoms with van der Waals surface area (Å²) in [5.74, 6) is -0.432. The van der Waals surface area contributed by atoms with Gasteiger partial charge in [0.15, 0.2) is 5.78 Å². The Labute approximate surface area is 231 Å². The average molecular weight is 539 g/mol. The van der Waals surface area contributed by atoms with E-state index in [1.807, 2.05) is 12.1 Å². The minimum absolute atomic E-state index is 0.0103. The molecule has 1 aromatic heterocycles. The molecule has 4 atom stereocenters. The topological polar surface area (TPSA) is 118 Å². The van der Waals surface area contributed by atoms with Crippen LogP contribution in [0.5, 0.6) is 0 Å². The van der Waals surface area contributed by atoms with E-state index < -0.39 is 29.2 Å². The normalized spacial score (nSPS) is 28.8. The maximum absolute atomic E-state index is 13.7. The van der Waals surface area contributed by atoms with Gasteiger partial charge in [-0.3, -0.25) is 19.4 Å². The zero-order chi connectivity index (χ0) is 28.0. The fraction of sp³-hybridized carbons (Fsp3) is 0.633. The molecule has 0 spiro atoms. The standard InChI is InChI=1S/C30H42N4O5/c1-29(2,3)39-28(38)33-23-11-8-6-4-5-7-10-22-18-30(22,27(37)32-20-21-13-15-31-16-14-21)19-25(35)24-12-9-17-34(24)26(23)36/h7,10,13-16,22-24H,4-6,8-9,11-12,17-20H2,1-3H3,(H,32,37)(H,33,38)/b10-7-/t22-,23+,24+,30-/m1/s1. The molecule has 0 unspecified atom stereocenters. The molecular weight excluding hydrogens is 496 g/mol. The van der Waals surface area contributed by atoms with E-state index in [0.29, 0.717) is 38.8 Å². The number of nitrogens with one attached hydrogen (secondary N) is 2. The lowest BCUT2D eigenvalue weighted by Gasteiger charge is -2.30. The van der Waals surface area contributed by atoms with Gasteiger partial charge in [-0.05, 0) is 82.9 Å². The van der Waals surface area contributed by atoms with Crippen LogP contribution < -0.4 is 10.6 Å². The maximum atomic E-state index is 13.7. The third-order valence-electron chi connectivity index (χ3n) is 7.91. The Morgan fingerprint density at radius 2 is 1.87 bits per heavy atom. The Morgan fingerprint density at radius 3 is 2.62 bits per heavy atom. The summed E-state index contributed by atoms with van der Waals surface area (Å²) in [6.45, 7) is 6.18. The van der Waals surface area contributed by atoms with E-state index in [1.165, 1.54) is 0 Å². The molecule has 9 heteroatoms. The molecule has 212 valence electrons. The van der Waals surface area contributed by atoms with Gasteiger partial charge in [0.05, 0.1) is 11.5 Å². The Bertz CT molecular complexity index is 1080. The van der Waals surface area contributed by atoms with E-state index >= 15 is 0 Å². The van der Waals surface area contributed by atoms with Crippen molar-refractivity contribution in [3.63, 3.8) is 0 Å². The first-order valence-corrected chi connectivity index (χ1v) is 14.3. The van der Waals surface area contributed by atoms with E-state index in [-0.39, 0.29) is 29.9 Å². The number of amides is 3. The predicted octanol–water partition coefficient (Wildman–Crippen LogP) is 4.07. The van der Waals surface area contributed by atoms with Crippen LogP contribution in [0.4, 0.5) is 4.79 Å². The smallest absolute Gasteiger partial charge is 0.408 e. The van der Waals surface area contributed by atoms with E-state index in [1.54, 1.807) is 38.1 Å². The van der Waals surface area contributed by atoms with E-state index in [9.17, 15) is 19.2 Å². The van der Waals surface area contributed by atoms with Gasteiger partial charge in [-0.25, -0.2) is 4.79 Å². The molecule has 3 heterocycles. The number of alkyl carbamates (subject to hydrolysis) is 1. The van der Waals surface area contributed by atoms with Crippen LogP contribution >= 0.6 is 0 Å². The second-order valence-corrected chi connectivity index (χ2v) is 12.1. The molecule has 1 saturated carbocycles. The van der Waals surface area contributed by atoms with Crippen molar-refractivity contribution < 1.29 is 23.9 Å². The largest absolute Gasteiger partial charge is 0.444 e. The summed E-state index contributed by atoms with van der Waals surface area (Å²) in [5.41, 5.74) is -0.521. The van der Waals surface area contributed by atoms with Crippen molar-refractivity contribution in [2.24, 2.45) is 11.3 Å². The van der Waals surface area contributed by atoms with E-state index in [4.69, 9.17) is 4.74 Å². The first kappa shape index (κ1) is 28.8. The number of rotatable bonds is 4. The van der Waals surface area contributed by atoms with Crippen LogP contribution in [0.2, 0.25) is 0 Å². The number of carbonyl (C=O) groups excluding carboxylic acids is 4. The molecule has 1 aliphatic carbocycles. The lowest BCUT2D eigenvalue weighted by molar-refractivity contribution is -0.140. The van der Waals surface area contributed by atoms with E-state index in [2.05, 4.69) is 27.8 Å². The summed E-state index contributed by atoms with van der Waals surface area (Å²) in [6.07, 6.45) is 13.0. The quantitative estimate of drug-likeness (QED) is 0.558. The van der Waals surface area contributed by atoms with Gasteiger partial charge in [-0.15, -0.1) is 0 Å². The van der Waals surface area contributed by atoms with E-state index in [0.717, 1.165) is 31.2 Å². The highest BCUT2D eigenvalue weighted by molar-refractivity contribution is 5.97. The molecule has 0 radical (unpaired) electrons. The number of fused-ring (bicyclic) bond motifs is 2. The number of hydrogen-bond acceptors (Lipinski definition) is 6. The summed E-state index contributed by atoms with van der Waals surface area (Å²) in [7, 11) is 0. The molecular formula is C30H42N4O5. The Balaban J connectivity index is 1.51. The van der Waals surface area contributed by atoms with Crippen molar-refractivity contribution in [2.75, 3.05) is 6.54 Å². The summed E-state index contributed by atoms with van der Waals surface area (Å²) >= 11 is 0. The van der Waals surface area contributed by atoms with Gasteiger partial charge >= 0.3 is 6.09 Å². The lowest BCUT2D eigenvalue weighted by atomic mass is 9.91. The van der Waals surface area contributed by atoms with Crippen LogP contribution in [0, 0.1) is 11.3 Å². The van der Waals surface area contributed by atoms with Crippen molar-refractivity contribution in [1.82, 2.24) is 20.5 Å². The molecule has 1 aromatic rings. The number of pyridine rings is 1. The van der Waals surface area contributed by atoms with Crippen LogP contribution in [-0.4, -0.2) is 57.8 Å². The van der Waals surface area contributed by atoms with Gasteiger partial charge in [0.1, 0.15) is 11.6 Å². The van der Waals surface area contributed by atoms with Crippen molar-refractivity contribution in [3.8, 4) is 0 Å². The number of Topliss-reactive ketones (excluding diaryl/α,β-unsaturated/α-hetero) is 1. The maximum Gasteiger partial charge on any atom is 0.408 e. The van der Waals surface area contributed by atoms with Crippen molar-refractivity contribution in [3.05, 3.63) is 42.2 Å². The summed E-state index contributed by atoms with van der Waals surface area (Å²) < 4.78 is 5.42. The van der Waals surface area contributed by atoms with Gasteiger partial charge < -0.3 is 20.3 Å². The van der Waals surface area contributed by atoms with Crippen molar-refractivity contribution in [2.45, 2.75) is 103 Å². The molecule has 0 bridgehead atoms. The number of aromatic nitrogens is 1. The highest BCUT2D eigenvalue weighted by Crippen LogP contribution is 2.57. The highest BCUT2D eigenvalue weighted by atomic mass is 16.6. The average Bonchev–Trinajstić information content (AvgIpc) is 3.34. The molecule has 2 N–H and O–H groups in total. The molecule has 2 aliphatic heterocycles. The summed E-state index contributed by atoms with van der Waals surface area (Å²) in [5, 5.41) is 5.81. The Morgan fingerprint density at radius 1 is 1.10 bits per heavy atom. The molecule has 3 aliphatic rings.